The number of hydrogen-bond acceptors (Lipinski definition) is 6. The molecule has 0 fully saturated rings. The summed E-state index contributed by atoms with van der Waals surface area (Å²) in [6.07, 6.45) is 0. The molecule has 0 aliphatic heterocycles. The predicted molar refractivity (Wildman–Crippen MR) is 73.6 cm³/mol. The minimum atomic E-state index is -0.956. The molecule has 2 aromatic carbocycles. The fraction of sp³-hybridized carbons (Fsp3) is 0. The van der Waals surface area contributed by atoms with Crippen LogP contribution in [0.25, 0.3) is 0 Å². The largest absolute Gasteiger partial charge is 0.872 e. The number of carbonyl (C=O) groups excluding carboxylic acids is 1. The van der Waals surface area contributed by atoms with Crippen LogP contribution in [-0.4, -0.2) is 15.8 Å². The molecular weight excluding hydrogens is 294 g/mol. The van der Waals surface area contributed by atoms with Gasteiger partial charge in [-0.1, -0.05) is 23.9 Å². The monoisotopic (exact) mass is 302 g/mol. The van der Waals surface area contributed by atoms with E-state index in [1.807, 2.05) is 0 Å². The number of nitro benzene ring substituents is 2. The summed E-state index contributed by atoms with van der Waals surface area (Å²) in [5.74, 6) is -1.68. The maximum Gasteiger partial charge on any atom is 0.292 e. The molecule has 2 rings (SSSR count). The van der Waals surface area contributed by atoms with Gasteiger partial charge in [-0.25, -0.2) is 0 Å². The first-order valence-electron chi connectivity index (χ1n) is 5.90. The van der Waals surface area contributed by atoms with E-state index in [0.717, 1.165) is 18.2 Å². The van der Waals surface area contributed by atoms with Crippen molar-refractivity contribution in [3.63, 3.8) is 0 Å². The van der Waals surface area contributed by atoms with Gasteiger partial charge in [0.1, 0.15) is 5.69 Å². The zero-order valence-corrected chi connectivity index (χ0v) is 10.9. The number of non-ortho nitro benzene ring substituents is 1. The Bertz CT molecular complexity index is 774. The molecular formula is C13H8N3O6-. The smallest absolute Gasteiger partial charge is 0.292 e. The molecule has 0 aromatic heterocycles. The van der Waals surface area contributed by atoms with Crippen LogP contribution in [0.4, 0.5) is 17.1 Å². The number of amides is 1. The van der Waals surface area contributed by atoms with Crippen LogP contribution >= 0.6 is 0 Å². The Hall–Kier alpha value is -3.49. The van der Waals surface area contributed by atoms with Crippen LogP contribution < -0.4 is 10.4 Å². The molecule has 9 heteroatoms. The number of carbonyl (C=O) groups is 1. The average molecular weight is 302 g/mol. The van der Waals surface area contributed by atoms with Crippen molar-refractivity contribution in [3.05, 3.63) is 68.3 Å². The minimum Gasteiger partial charge on any atom is -0.872 e. The summed E-state index contributed by atoms with van der Waals surface area (Å²) in [4.78, 5) is 32.1. The summed E-state index contributed by atoms with van der Waals surface area (Å²) in [5, 5.41) is 35.4. The molecule has 0 radical (unpaired) electrons. The van der Waals surface area contributed by atoms with Crippen LogP contribution in [0.1, 0.15) is 10.4 Å². The zero-order valence-electron chi connectivity index (χ0n) is 10.9. The summed E-state index contributed by atoms with van der Waals surface area (Å²) in [6, 6.07) is 8.05. The van der Waals surface area contributed by atoms with Crippen molar-refractivity contribution in [1.82, 2.24) is 0 Å². The molecule has 0 unspecified atom stereocenters. The lowest BCUT2D eigenvalue weighted by molar-refractivity contribution is -0.385. The highest BCUT2D eigenvalue weighted by atomic mass is 16.6. The average Bonchev–Trinajstić information content (AvgIpc) is 2.47. The van der Waals surface area contributed by atoms with Crippen molar-refractivity contribution in [1.29, 1.82) is 0 Å². The topological polar surface area (TPSA) is 138 Å². The molecule has 0 aliphatic rings. The highest BCUT2D eigenvalue weighted by molar-refractivity contribution is 6.07. The van der Waals surface area contributed by atoms with Crippen molar-refractivity contribution in [2.75, 3.05) is 5.32 Å². The molecule has 1 N–H and O–H groups in total. The van der Waals surface area contributed by atoms with Crippen LogP contribution in [-0.2, 0) is 0 Å². The molecule has 0 spiro atoms. The minimum absolute atomic E-state index is 0.108. The van der Waals surface area contributed by atoms with E-state index in [1.165, 1.54) is 24.3 Å². The highest BCUT2D eigenvalue weighted by Gasteiger charge is 2.17. The van der Waals surface area contributed by atoms with Crippen molar-refractivity contribution in [3.8, 4) is 5.75 Å². The second-order valence-corrected chi connectivity index (χ2v) is 4.17. The van der Waals surface area contributed by atoms with Crippen LogP contribution in [0.15, 0.2) is 42.5 Å². The number of para-hydroxylation sites is 2. The van der Waals surface area contributed by atoms with Gasteiger partial charge in [0.05, 0.1) is 9.85 Å². The Kier molecular flexibility index (Phi) is 3.98. The zero-order chi connectivity index (χ0) is 16.3. The standard InChI is InChI=1S/C13H9N3O6/c17-12-6-5-8(15(19)20)7-9(12)13(18)14-10-3-1-2-4-11(10)16(21)22/h1-7,17H,(H,14,18)/p-1. The second kappa shape index (κ2) is 5.87. The van der Waals surface area contributed by atoms with Crippen molar-refractivity contribution in [2.24, 2.45) is 0 Å². The molecule has 0 saturated carbocycles. The second-order valence-electron chi connectivity index (χ2n) is 4.17. The molecule has 112 valence electrons. The molecule has 0 heterocycles. The number of benzene rings is 2. The summed E-state index contributed by atoms with van der Waals surface area (Å²) < 4.78 is 0. The Morgan fingerprint density at radius 2 is 1.68 bits per heavy atom. The third-order valence-corrected chi connectivity index (χ3v) is 2.77. The van der Waals surface area contributed by atoms with Crippen molar-refractivity contribution in [2.45, 2.75) is 0 Å². The van der Waals surface area contributed by atoms with Gasteiger partial charge in [0.2, 0.25) is 0 Å². The van der Waals surface area contributed by atoms with Crippen LogP contribution in [0, 0.1) is 20.2 Å². The van der Waals surface area contributed by atoms with Gasteiger partial charge < -0.3 is 10.4 Å². The van der Waals surface area contributed by atoms with Crippen LogP contribution in [0.2, 0.25) is 0 Å². The van der Waals surface area contributed by atoms with E-state index in [4.69, 9.17) is 0 Å². The Morgan fingerprint density at radius 1 is 1.00 bits per heavy atom. The molecule has 9 nitrogen and oxygen atoms in total. The Morgan fingerprint density at radius 3 is 2.32 bits per heavy atom. The molecule has 1 amide bonds. The lowest BCUT2D eigenvalue weighted by atomic mass is 10.1. The number of anilines is 1. The van der Waals surface area contributed by atoms with Gasteiger partial charge in [-0.15, -0.1) is 0 Å². The third-order valence-electron chi connectivity index (χ3n) is 2.77. The fourth-order valence-corrected chi connectivity index (χ4v) is 1.74. The lowest BCUT2D eigenvalue weighted by Gasteiger charge is -2.12. The summed E-state index contributed by atoms with van der Waals surface area (Å²) in [5.41, 5.74) is -1.35. The van der Waals surface area contributed by atoms with Gasteiger partial charge >= 0.3 is 0 Å². The Balaban J connectivity index is 2.36. The molecule has 0 bridgehead atoms. The third kappa shape index (κ3) is 2.98. The van der Waals surface area contributed by atoms with Gasteiger partial charge in [0, 0.05) is 23.8 Å². The maximum atomic E-state index is 12.0. The first-order valence-corrected chi connectivity index (χ1v) is 5.90. The van der Waals surface area contributed by atoms with Gasteiger partial charge in [0.25, 0.3) is 17.3 Å². The van der Waals surface area contributed by atoms with E-state index in [2.05, 4.69) is 5.32 Å². The molecule has 0 aliphatic carbocycles. The van der Waals surface area contributed by atoms with E-state index in [-0.39, 0.29) is 11.4 Å². The lowest BCUT2D eigenvalue weighted by Crippen LogP contribution is -2.15. The molecule has 22 heavy (non-hydrogen) atoms. The number of hydrogen-bond donors (Lipinski definition) is 1. The summed E-state index contributed by atoms with van der Waals surface area (Å²) in [6.45, 7) is 0. The SMILES string of the molecule is O=C(Nc1ccccc1[N+](=O)[O-])c1cc([N+](=O)[O-])ccc1[O-]. The molecule has 0 saturated heterocycles. The summed E-state index contributed by atoms with van der Waals surface area (Å²) in [7, 11) is 0. The predicted octanol–water partition coefficient (Wildman–Crippen LogP) is 1.83. The van der Waals surface area contributed by atoms with Gasteiger partial charge in [-0.2, -0.15) is 0 Å². The number of nitrogens with one attached hydrogen (secondary N) is 1. The fourth-order valence-electron chi connectivity index (χ4n) is 1.74. The van der Waals surface area contributed by atoms with E-state index in [9.17, 15) is 30.1 Å². The van der Waals surface area contributed by atoms with Crippen LogP contribution in [0.3, 0.4) is 0 Å². The highest BCUT2D eigenvalue weighted by Crippen LogP contribution is 2.26. The van der Waals surface area contributed by atoms with Crippen LogP contribution in [0.5, 0.6) is 5.75 Å². The summed E-state index contributed by atoms with van der Waals surface area (Å²) >= 11 is 0. The maximum absolute atomic E-state index is 12.0. The normalized spacial score (nSPS) is 10.0. The molecule has 0 atom stereocenters. The van der Waals surface area contributed by atoms with Crippen molar-refractivity contribution >= 4 is 23.0 Å². The van der Waals surface area contributed by atoms with E-state index in [1.54, 1.807) is 0 Å². The molecule has 2 aromatic rings. The Labute approximate surface area is 123 Å². The van der Waals surface area contributed by atoms with E-state index < -0.39 is 32.8 Å². The van der Waals surface area contributed by atoms with Gasteiger partial charge in [-0.05, 0) is 6.07 Å². The van der Waals surface area contributed by atoms with E-state index in [0.29, 0.717) is 0 Å². The van der Waals surface area contributed by atoms with E-state index >= 15 is 0 Å². The first-order chi connectivity index (χ1) is 10.4. The van der Waals surface area contributed by atoms with Gasteiger partial charge in [0.15, 0.2) is 0 Å². The number of nitro groups is 2. The quantitative estimate of drug-likeness (QED) is 0.675. The van der Waals surface area contributed by atoms with Crippen molar-refractivity contribution < 1.29 is 19.7 Å². The first kappa shape index (κ1) is 14.9. The van der Waals surface area contributed by atoms with Gasteiger partial charge in [-0.3, -0.25) is 25.0 Å². The number of nitrogens with zero attached hydrogens (tertiary/aromatic N) is 2. The number of rotatable bonds is 4.